The standard InChI is InChI=1S/C17H24F2N2O2/c18-15-4-3-13(10-16(15)19)17(22)12-21-5-1-2-14(21)11-20-6-8-23-9-7-20/h3-4,10,14,17,22H,1-2,5-9,11-12H2. The van der Waals surface area contributed by atoms with Crippen molar-refractivity contribution in [2.75, 3.05) is 45.9 Å². The van der Waals surface area contributed by atoms with Crippen LogP contribution in [-0.2, 0) is 4.74 Å². The lowest BCUT2D eigenvalue weighted by Crippen LogP contribution is -2.45. The number of aliphatic hydroxyl groups is 1. The Kier molecular flexibility index (Phi) is 5.58. The molecule has 2 heterocycles. The number of ether oxygens (including phenoxy) is 1. The van der Waals surface area contributed by atoms with Gasteiger partial charge in [0, 0.05) is 32.2 Å². The van der Waals surface area contributed by atoms with Gasteiger partial charge in [-0.1, -0.05) is 6.07 Å². The van der Waals surface area contributed by atoms with Crippen molar-refractivity contribution in [3.63, 3.8) is 0 Å². The van der Waals surface area contributed by atoms with E-state index >= 15 is 0 Å². The summed E-state index contributed by atoms with van der Waals surface area (Å²) in [6.45, 7) is 5.85. The summed E-state index contributed by atoms with van der Waals surface area (Å²) < 4.78 is 31.7. The van der Waals surface area contributed by atoms with Gasteiger partial charge in [-0.3, -0.25) is 9.80 Å². The quantitative estimate of drug-likeness (QED) is 0.895. The molecule has 1 aromatic carbocycles. The third-order valence-electron chi connectivity index (χ3n) is 4.81. The van der Waals surface area contributed by atoms with Gasteiger partial charge in [0.15, 0.2) is 11.6 Å². The van der Waals surface area contributed by atoms with Crippen molar-refractivity contribution in [1.29, 1.82) is 0 Å². The van der Waals surface area contributed by atoms with Crippen LogP contribution in [0.2, 0.25) is 0 Å². The molecule has 2 atom stereocenters. The first-order valence-electron chi connectivity index (χ1n) is 8.30. The number of hydrogen-bond acceptors (Lipinski definition) is 4. The first-order valence-corrected chi connectivity index (χ1v) is 8.30. The SMILES string of the molecule is OC(CN1CCCC1CN1CCOCC1)c1ccc(F)c(F)c1. The molecule has 2 unspecified atom stereocenters. The fourth-order valence-electron chi connectivity index (χ4n) is 3.47. The van der Waals surface area contributed by atoms with E-state index in [0.29, 0.717) is 18.2 Å². The van der Waals surface area contributed by atoms with E-state index in [9.17, 15) is 13.9 Å². The van der Waals surface area contributed by atoms with E-state index in [2.05, 4.69) is 9.80 Å². The van der Waals surface area contributed by atoms with E-state index in [1.54, 1.807) is 0 Å². The van der Waals surface area contributed by atoms with Crippen molar-refractivity contribution >= 4 is 0 Å². The summed E-state index contributed by atoms with van der Waals surface area (Å²) in [5.41, 5.74) is 0.431. The zero-order valence-electron chi connectivity index (χ0n) is 13.3. The molecular weight excluding hydrogens is 302 g/mol. The van der Waals surface area contributed by atoms with Crippen LogP contribution in [0.5, 0.6) is 0 Å². The average molecular weight is 326 g/mol. The van der Waals surface area contributed by atoms with Crippen LogP contribution in [0.4, 0.5) is 8.78 Å². The highest BCUT2D eigenvalue weighted by atomic mass is 19.2. The van der Waals surface area contributed by atoms with Gasteiger partial charge in [0.1, 0.15) is 0 Å². The Morgan fingerprint density at radius 1 is 1.17 bits per heavy atom. The van der Waals surface area contributed by atoms with E-state index in [1.807, 2.05) is 0 Å². The molecule has 3 rings (SSSR count). The molecule has 2 saturated heterocycles. The molecule has 23 heavy (non-hydrogen) atoms. The lowest BCUT2D eigenvalue weighted by molar-refractivity contribution is 0.0219. The summed E-state index contributed by atoms with van der Waals surface area (Å²) in [5, 5.41) is 10.4. The number of morpholine rings is 1. The summed E-state index contributed by atoms with van der Waals surface area (Å²) in [4.78, 5) is 4.66. The van der Waals surface area contributed by atoms with Crippen molar-refractivity contribution in [3.05, 3.63) is 35.4 Å². The van der Waals surface area contributed by atoms with E-state index in [1.165, 1.54) is 6.07 Å². The Morgan fingerprint density at radius 2 is 1.96 bits per heavy atom. The topological polar surface area (TPSA) is 35.9 Å². The molecular formula is C17H24F2N2O2. The number of β-amino-alcohol motifs (C(OH)–C–C–N with tert-alkyl or cyclic N) is 1. The fraction of sp³-hybridized carbons (Fsp3) is 0.647. The number of rotatable bonds is 5. The maximum Gasteiger partial charge on any atom is 0.159 e. The molecule has 0 saturated carbocycles. The number of nitrogens with zero attached hydrogens (tertiary/aromatic N) is 2. The molecule has 0 bridgehead atoms. The Bertz CT molecular complexity index is 523. The first kappa shape index (κ1) is 16.8. The molecule has 2 aliphatic heterocycles. The van der Waals surface area contributed by atoms with Crippen molar-refractivity contribution in [3.8, 4) is 0 Å². The van der Waals surface area contributed by atoms with E-state index in [0.717, 1.165) is 64.4 Å². The molecule has 0 amide bonds. The minimum Gasteiger partial charge on any atom is -0.387 e. The Labute approximate surface area is 135 Å². The second kappa shape index (κ2) is 7.66. The monoisotopic (exact) mass is 326 g/mol. The highest BCUT2D eigenvalue weighted by molar-refractivity contribution is 5.20. The molecule has 6 heteroatoms. The highest BCUT2D eigenvalue weighted by Crippen LogP contribution is 2.24. The largest absolute Gasteiger partial charge is 0.387 e. The molecule has 2 aliphatic rings. The summed E-state index contributed by atoms with van der Waals surface area (Å²) in [6, 6.07) is 4.03. The van der Waals surface area contributed by atoms with Gasteiger partial charge in [-0.05, 0) is 37.1 Å². The smallest absolute Gasteiger partial charge is 0.159 e. The lowest BCUT2D eigenvalue weighted by Gasteiger charge is -2.33. The van der Waals surface area contributed by atoms with Gasteiger partial charge in [0.2, 0.25) is 0 Å². The first-order chi connectivity index (χ1) is 11.1. The second-order valence-corrected chi connectivity index (χ2v) is 6.39. The van der Waals surface area contributed by atoms with Gasteiger partial charge >= 0.3 is 0 Å². The predicted octanol–water partition coefficient (Wildman–Crippen LogP) is 1.79. The Hall–Kier alpha value is -1.08. The zero-order valence-corrected chi connectivity index (χ0v) is 13.3. The minimum absolute atomic E-state index is 0.410. The number of benzene rings is 1. The van der Waals surface area contributed by atoms with Gasteiger partial charge in [0.25, 0.3) is 0 Å². The van der Waals surface area contributed by atoms with Gasteiger partial charge in [-0.15, -0.1) is 0 Å². The van der Waals surface area contributed by atoms with Gasteiger partial charge in [-0.2, -0.15) is 0 Å². The molecule has 0 spiro atoms. The third kappa shape index (κ3) is 4.26. The lowest BCUT2D eigenvalue weighted by atomic mass is 10.1. The van der Waals surface area contributed by atoms with Gasteiger partial charge < -0.3 is 9.84 Å². The van der Waals surface area contributed by atoms with Crippen LogP contribution in [0, 0.1) is 11.6 Å². The average Bonchev–Trinajstić information content (AvgIpc) is 2.98. The van der Waals surface area contributed by atoms with Crippen molar-refractivity contribution in [1.82, 2.24) is 9.80 Å². The zero-order chi connectivity index (χ0) is 16.2. The van der Waals surface area contributed by atoms with Crippen LogP contribution in [-0.4, -0.2) is 66.9 Å². The van der Waals surface area contributed by atoms with E-state index in [-0.39, 0.29) is 0 Å². The van der Waals surface area contributed by atoms with Gasteiger partial charge in [0.05, 0.1) is 19.3 Å². The molecule has 1 N–H and O–H groups in total. The highest BCUT2D eigenvalue weighted by Gasteiger charge is 2.29. The van der Waals surface area contributed by atoms with Crippen LogP contribution in [0.15, 0.2) is 18.2 Å². The molecule has 4 nitrogen and oxygen atoms in total. The maximum absolute atomic E-state index is 13.3. The normalized spacial score (nSPS) is 24.9. The molecule has 1 aromatic rings. The van der Waals surface area contributed by atoms with Crippen molar-refractivity contribution in [2.45, 2.75) is 25.0 Å². The van der Waals surface area contributed by atoms with Crippen LogP contribution < -0.4 is 0 Å². The summed E-state index contributed by atoms with van der Waals surface area (Å²) in [6.07, 6.45) is 1.43. The number of likely N-dealkylation sites (tertiary alicyclic amines) is 1. The molecule has 0 aromatic heterocycles. The summed E-state index contributed by atoms with van der Waals surface area (Å²) >= 11 is 0. The van der Waals surface area contributed by atoms with Crippen LogP contribution >= 0.6 is 0 Å². The van der Waals surface area contributed by atoms with Crippen LogP contribution in [0.3, 0.4) is 0 Å². The Balaban J connectivity index is 1.57. The van der Waals surface area contributed by atoms with E-state index < -0.39 is 17.7 Å². The number of aliphatic hydroxyl groups excluding tert-OH is 1. The Morgan fingerprint density at radius 3 is 2.70 bits per heavy atom. The minimum atomic E-state index is -0.909. The number of halogens is 2. The summed E-state index contributed by atoms with van der Waals surface area (Å²) in [7, 11) is 0. The third-order valence-corrected chi connectivity index (χ3v) is 4.81. The number of hydrogen-bond donors (Lipinski definition) is 1. The molecule has 128 valence electrons. The maximum atomic E-state index is 13.3. The van der Waals surface area contributed by atoms with Crippen molar-refractivity contribution < 1.29 is 18.6 Å². The predicted molar refractivity (Wildman–Crippen MR) is 83.2 cm³/mol. The second-order valence-electron chi connectivity index (χ2n) is 6.39. The molecule has 0 aliphatic carbocycles. The van der Waals surface area contributed by atoms with Crippen molar-refractivity contribution in [2.24, 2.45) is 0 Å². The van der Waals surface area contributed by atoms with Crippen LogP contribution in [0.25, 0.3) is 0 Å². The van der Waals surface area contributed by atoms with Crippen LogP contribution in [0.1, 0.15) is 24.5 Å². The molecule has 0 radical (unpaired) electrons. The molecule has 2 fully saturated rings. The summed E-state index contributed by atoms with van der Waals surface area (Å²) in [5.74, 6) is -1.79. The fourth-order valence-corrected chi connectivity index (χ4v) is 3.47. The van der Waals surface area contributed by atoms with Gasteiger partial charge in [-0.25, -0.2) is 8.78 Å². The van der Waals surface area contributed by atoms with E-state index in [4.69, 9.17) is 4.74 Å².